The summed E-state index contributed by atoms with van der Waals surface area (Å²) >= 11 is 6.89. The van der Waals surface area contributed by atoms with Crippen LogP contribution in [0, 0.1) is 5.41 Å². The highest BCUT2D eigenvalue weighted by atomic mass is 32.9. The van der Waals surface area contributed by atoms with E-state index in [0.29, 0.717) is 19.6 Å². The van der Waals surface area contributed by atoms with E-state index >= 15 is 0 Å². The van der Waals surface area contributed by atoms with Gasteiger partial charge in [-0.15, -0.1) is 0 Å². The van der Waals surface area contributed by atoms with Crippen molar-refractivity contribution in [2.24, 2.45) is 5.41 Å². The Balaban J connectivity index is 2.04. The van der Waals surface area contributed by atoms with Crippen LogP contribution in [0.4, 0.5) is 0 Å². The van der Waals surface area contributed by atoms with E-state index < -0.39 is 35.9 Å². The second kappa shape index (κ2) is 8.23. The lowest BCUT2D eigenvalue weighted by Crippen LogP contribution is -2.50. The zero-order chi connectivity index (χ0) is 18.8. The van der Waals surface area contributed by atoms with Gasteiger partial charge < -0.3 is 23.3 Å². The Morgan fingerprint density at radius 2 is 1.72 bits per heavy atom. The van der Waals surface area contributed by atoms with Gasteiger partial charge >= 0.3 is 11.9 Å². The summed E-state index contributed by atoms with van der Waals surface area (Å²) in [6.45, 7) is 9.58. The number of hydrogen-bond acceptors (Lipinski definition) is 9. The number of carbonyl (C=O) groups is 2. The molecular formula is C15H25O7PS2. The third-order valence-electron chi connectivity index (χ3n) is 3.71. The van der Waals surface area contributed by atoms with Gasteiger partial charge in [-0.05, 0) is 30.1 Å². The van der Waals surface area contributed by atoms with E-state index in [1.165, 1.54) is 25.2 Å². The molecule has 0 aliphatic carbocycles. The van der Waals surface area contributed by atoms with Crippen molar-refractivity contribution in [1.82, 2.24) is 0 Å². The third-order valence-corrected chi connectivity index (χ3v) is 8.92. The smallest absolute Gasteiger partial charge is 0.303 e. The fourth-order valence-electron chi connectivity index (χ4n) is 2.55. The molecule has 2 fully saturated rings. The van der Waals surface area contributed by atoms with Crippen LogP contribution in [0.25, 0.3) is 0 Å². The zero-order valence-corrected chi connectivity index (χ0v) is 17.6. The highest BCUT2D eigenvalue weighted by molar-refractivity contribution is 8.68. The lowest BCUT2D eigenvalue weighted by molar-refractivity contribution is -0.194. The van der Waals surface area contributed by atoms with Crippen LogP contribution in [0.15, 0.2) is 0 Å². The summed E-state index contributed by atoms with van der Waals surface area (Å²) in [5, 5.41) is 0. The average Bonchev–Trinajstić information content (AvgIpc) is 2.46. The Bertz CT molecular complexity index is 554. The van der Waals surface area contributed by atoms with Gasteiger partial charge in [-0.2, -0.15) is 0 Å². The molecule has 0 radical (unpaired) electrons. The highest BCUT2D eigenvalue weighted by Gasteiger charge is 2.44. The van der Waals surface area contributed by atoms with Gasteiger partial charge in [-0.25, -0.2) is 0 Å². The molecule has 10 heteroatoms. The Morgan fingerprint density at radius 1 is 1.16 bits per heavy atom. The van der Waals surface area contributed by atoms with E-state index in [4.69, 9.17) is 35.1 Å². The number of rotatable bonds is 4. The van der Waals surface area contributed by atoms with E-state index in [-0.39, 0.29) is 10.9 Å². The summed E-state index contributed by atoms with van der Waals surface area (Å²) in [6, 6.07) is 0. The van der Waals surface area contributed by atoms with Crippen LogP contribution in [0.1, 0.15) is 41.0 Å². The van der Waals surface area contributed by atoms with Crippen LogP contribution in [0.5, 0.6) is 0 Å². The predicted octanol–water partition coefficient (Wildman–Crippen LogP) is 3.02. The molecule has 0 aromatic rings. The summed E-state index contributed by atoms with van der Waals surface area (Å²) in [6.07, 6.45) is -1.33. The molecule has 2 aliphatic heterocycles. The van der Waals surface area contributed by atoms with Crippen molar-refractivity contribution in [3.05, 3.63) is 0 Å². The Kier molecular flexibility index (Phi) is 6.95. The van der Waals surface area contributed by atoms with Crippen molar-refractivity contribution in [3.63, 3.8) is 0 Å². The van der Waals surface area contributed by atoms with Gasteiger partial charge in [0.05, 0.1) is 19.3 Å². The van der Waals surface area contributed by atoms with Crippen LogP contribution >= 0.6 is 17.1 Å². The molecule has 2 aliphatic rings. The molecule has 4 atom stereocenters. The molecule has 0 amide bonds. The van der Waals surface area contributed by atoms with Gasteiger partial charge in [-0.3, -0.25) is 9.59 Å². The summed E-state index contributed by atoms with van der Waals surface area (Å²) in [5.41, 5.74) is -2.95. The first-order chi connectivity index (χ1) is 11.5. The average molecular weight is 412 g/mol. The minimum atomic E-state index is -2.52. The molecular weight excluding hydrogens is 387 g/mol. The van der Waals surface area contributed by atoms with Gasteiger partial charge in [0.15, 0.2) is 6.10 Å². The Hall–Kier alpha value is -0.180. The first kappa shape index (κ1) is 21.1. The van der Waals surface area contributed by atoms with E-state index in [1.54, 1.807) is 6.92 Å². The number of ether oxygens (including phenoxy) is 3. The zero-order valence-electron chi connectivity index (χ0n) is 15.1. The first-order valence-electron chi connectivity index (χ1n) is 8.07. The highest BCUT2D eigenvalue weighted by Crippen LogP contribution is 2.66. The fraction of sp³-hybridized carbons (Fsp3) is 0.867. The van der Waals surface area contributed by atoms with Crippen LogP contribution < -0.4 is 0 Å². The lowest BCUT2D eigenvalue weighted by Gasteiger charge is -2.41. The first-order valence-corrected chi connectivity index (χ1v) is 12.2. The quantitative estimate of drug-likeness (QED) is 0.511. The molecule has 0 unspecified atom stereocenters. The lowest BCUT2D eigenvalue weighted by atomic mass is 9.97. The van der Waals surface area contributed by atoms with Crippen LogP contribution in [0.2, 0.25) is 0 Å². The molecule has 2 saturated heterocycles. The maximum Gasteiger partial charge on any atom is 0.303 e. The topological polar surface area (TPSA) is 80.3 Å². The van der Waals surface area contributed by atoms with Crippen molar-refractivity contribution in [3.8, 4) is 0 Å². The van der Waals surface area contributed by atoms with Crippen molar-refractivity contribution < 1.29 is 32.8 Å². The van der Waals surface area contributed by atoms with Crippen LogP contribution in [-0.2, 0) is 44.7 Å². The molecule has 7 nitrogen and oxygen atoms in total. The molecule has 0 aromatic carbocycles. The number of carbonyl (C=O) groups excluding carboxylic acids is 2. The van der Waals surface area contributed by atoms with Gasteiger partial charge in [-0.1, -0.05) is 13.8 Å². The van der Waals surface area contributed by atoms with Gasteiger partial charge in [0.1, 0.15) is 11.5 Å². The largest absolute Gasteiger partial charge is 0.458 e. The van der Waals surface area contributed by atoms with Crippen molar-refractivity contribution in [1.29, 1.82) is 0 Å². The molecule has 0 aromatic heterocycles. The van der Waals surface area contributed by atoms with Crippen LogP contribution in [0.3, 0.4) is 0 Å². The van der Waals surface area contributed by atoms with Crippen molar-refractivity contribution >= 4 is 40.8 Å². The second-order valence-electron chi connectivity index (χ2n) is 6.99. The van der Waals surface area contributed by atoms with E-state index in [0.717, 1.165) is 0 Å². The summed E-state index contributed by atoms with van der Waals surface area (Å²) in [7, 11) is 0. The molecule has 144 valence electrons. The SMILES string of the molecule is CC(=O)O[C@@H]1[C@H](C)O[C@@H](SP2(=S)OCC(C)(C)CO2)C[C@@H]1OC(C)=O. The van der Waals surface area contributed by atoms with Crippen molar-refractivity contribution in [2.45, 2.75) is 64.8 Å². The minimum absolute atomic E-state index is 0.0652. The summed E-state index contributed by atoms with van der Waals surface area (Å²) in [5.74, 6) is -0.882. The minimum Gasteiger partial charge on any atom is -0.458 e. The maximum absolute atomic E-state index is 11.4. The molecule has 0 N–H and O–H groups in total. The molecule has 0 bridgehead atoms. The van der Waals surface area contributed by atoms with Gasteiger partial charge in [0.25, 0.3) is 0 Å². The predicted molar refractivity (Wildman–Crippen MR) is 97.6 cm³/mol. The fourth-order valence-corrected chi connectivity index (χ4v) is 7.68. The van der Waals surface area contributed by atoms with E-state index in [1.807, 2.05) is 0 Å². The third kappa shape index (κ3) is 6.19. The Morgan fingerprint density at radius 3 is 2.24 bits per heavy atom. The monoisotopic (exact) mass is 412 g/mol. The number of hydrogen-bond donors (Lipinski definition) is 0. The Labute approximate surface area is 157 Å². The molecule has 0 spiro atoms. The van der Waals surface area contributed by atoms with Crippen LogP contribution in [-0.4, -0.2) is 48.9 Å². The maximum atomic E-state index is 11.4. The van der Waals surface area contributed by atoms with Crippen molar-refractivity contribution in [2.75, 3.05) is 13.2 Å². The molecule has 2 rings (SSSR count). The molecule has 0 saturated carbocycles. The molecule has 2 heterocycles. The normalized spacial score (nSPS) is 34.1. The van der Waals surface area contributed by atoms with Gasteiger partial charge in [0.2, 0.25) is 5.69 Å². The van der Waals surface area contributed by atoms with Gasteiger partial charge in [0, 0.05) is 25.7 Å². The summed E-state index contributed by atoms with van der Waals surface area (Å²) < 4.78 is 28.2. The number of esters is 2. The van der Waals surface area contributed by atoms with E-state index in [2.05, 4.69) is 13.8 Å². The van der Waals surface area contributed by atoms with E-state index in [9.17, 15) is 9.59 Å². The standard InChI is InChI=1S/C15H25O7PS2/c1-9-14(22-11(3)17)12(21-10(2)16)6-13(20-9)25-23(24)18-7-15(4,5)8-19-23/h9,12-14H,6-8H2,1-5H3/t9-,12-,13-,14+/m0/s1. The second-order valence-corrected chi connectivity index (χ2v) is 13.3. The summed E-state index contributed by atoms with van der Waals surface area (Å²) in [4.78, 5) is 22.7. The molecule has 25 heavy (non-hydrogen) atoms.